The Kier molecular flexibility index (Phi) is 6.62. The molecule has 1 amide bonds. The van der Waals surface area contributed by atoms with Gasteiger partial charge in [-0.2, -0.15) is 0 Å². The Labute approximate surface area is 148 Å². The molecular weight excluding hydrogens is 318 g/mol. The predicted molar refractivity (Wildman–Crippen MR) is 98.6 cm³/mol. The van der Waals surface area contributed by atoms with Crippen LogP contribution in [-0.2, 0) is 6.42 Å². The first-order chi connectivity index (χ1) is 12.0. The van der Waals surface area contributed by atoms with Crippen LogP contribution in [0.1, 0.15) is 29.8 Å². The molecule has 0 aliphatic heterocycles. The van der Waals surface area contributed by atoms with E-state index in [0.717, 1.165) is 11.3 Å². The zero-order valence-electron chi connectivity index (χ0n) is 15.1. The number of methoxy groups -OCH3 is 2. The third kappa shape index (κ3) is 5.38. The second-order valence-corrected chi connectivity index (χ2v) is 5.96. The maximum Gasteiger partial charge on any atom is 0.252 e. The van der Waals surface area contributed by atoms with E-state index >= 15 is 0 Å². The fourth-order valence-electron chi connectivity index (χ4n) is 2.43. The Balaban J connectivity index is 1.92. The number of hydrogen-bond acceptors (Lipinski definition) is 5. The lowest BCUT2D eigenvalue weighted by Crippen LogP contribution is -2.26. The molecule has 25 heavy (non-hydrogen) atoms. The van der Waals surface area contributed by atoms with E-state index in [1.807, 2.05) is 32.0 Å². The molecule has 0 unspecified atom stereocenters. The fourth-order valence-corrected chi connectivity index (χ4v) is 2.43. The van der Waals surface area contributed by atoms with Crippen molar-refractivity contribution < 1.29 is 14.3 Å². The molecule has 2 N–H and O–H groups in total. The third-order valence-corrected chi connectivity index (χ3v) is 3.60. The number of hydrogen-bond donors (Lipinski definition) is 2. The molecule has 6 nitrogen and oxygen atoms in total. The molecule has 2 rings (SSSR count). The van der Waals surface area contributed by atoms with Gasteiger partial charge in [0.15, 0.2) is 11.5 Å². The van der Waals surface area contributed by atoms with Crippen LogP contribution in [0, 0.1) is 0 Å². The van der Waals surface area contributed by atoms with Crippen LogP contribution in [0.5, 0.6) is 11.5 Å². The molecule has 0 aliphatic rings. The van der Waals surface area contributed by atoms with Crippen LogP contribution >= 0.6 is 0 Å². The van der Waals surface area contributed by atoms with Gasteiger partial charge in [0.1, 0.15) is 0 Å². The molecule has 0 spiro atoms. The van der Waals surface area contributed by atoms with Gasteiger partial charge < -0.3 is 20.1 Å². The number of anilines is 1. The maximum atomic E-state index is 12.3. The Bertz CT molecular complexity index is 717. The minimum atomic E-state index is -0.139. The Morgan fingerprint density at radius 1 is 1.12 bits per heavy atom. The highest BCUT2D eigenvalue weighted by molar-refractivity contribution is 5.94. The van der Waals surface area contributed by atoms with Gasteiger partial charge in [0.2, 0.25) is 0 Å². The monoisotopic (exact) mass is 343 g/mol. The van der Waals surface area contributed by atoms with Crippen LogP contribution in [0.2, 0.25) is 0 Å². The number of carbonyl (C=O) groups excluding carboxylic acids is 1. The topological polar surface area (TPSA) is 72.5 Å². The second kappa shape index (κ2) is 8.92. The lowest BCUT2D eigenvalue weighted by atomic mass is 10.1. The third-order valence-electron chi connectivity index (χ3n) is 3.60. The van der Waals surface area contributed by atoms with Crippen LogP contribution in [0.3, 0.4) is 0 Å². The SMILES string of the molecule is COc1ccc(CCNC(=O)c2cncc(NC(C)C)c2)cc1OC. The van der Waals surface area contributed by atoms with Gasteiger partial charge in [-0.3, -0.25) is 9.78 Å². The van der Waals surface area contributed by atoms with E-state index in [-0.39, 0.29) is 11.9 Å². The van der Waals surface area contributed by atoms with E-state index in [1.54, 1.807) is 32.7 Å². The summed E-state index contributed by atoms with van der Waals surface area (Å²) in [4.78, 5) is 16.4. The summed E-state index contributed by atoms with van der Waals surface area (Å²) in [5.74, 6) is 1.24. The van der Waals surface area contributed by atoms with Crippen molar-refractivity contribution in [2.45, 2.75) is 26.3 Å². The molecule has 0 fully saturated rings. The molecule has 2 aromatic rings. The molecule has 0 atom stereocenters. The van der Waals surface area contributed by atoms with Crippen LogP contribution in [-0.4, -0.2) is 37.7 Å². The van der Waals surface area contributed by atoms with Crippen molar-refractivity contribution in [2.24, 2.45) is 0 Å². The first kappa shape index (κ1) is 18.6. The van der Waals surface area contributed by atoms with E-state index < -0.39 is 0 Å². The zero-order chi connectivity index (χ0) is 18.2. The molecule has 134 valence electrons. The number of rotatable bonds is 8. The highest BCUT2D eigenvalue weighted by atomic mass is 16.5. The van der Waals surface area contributed by atoms with Gasteiger partial charge in [-0.25, -0.2) is 0 Å². The van der Waals surface area contributed by atoms with Crippen molar-refractivity contribution in [2.75, 3.05) is 26.1 Å². The highest BCUT2D eigenvalue weighted by Crippen LogP contribution is 2.27. The summed E-state index contributed by atoms with van der Waals surface area (Å²) in [5, 5.41) is 6.15. The number of ether oxygens (including phenoxy) is 2. The summed E-state index contributed by atoms with van der Waals surface area (Å²) in [6.07, 6.45) is 3.97. The van der Waals surface area contributed by atoms with Gasteiger partial charge in [-0.1, -0.05) is 6.07 Å². The molecule has 0 radical (unpaired) electrons. The normalized spacial score (nSPS) is 10.4. The minimum absolute atomic E-state index is 0.139. The number of nitrogens with one attached hydrogen (secondary N) is 2. The lowest BCUT2D eigenvalue weighted by Gasteiger charge is -2.11. The van der Waals surface area contributed by atoms with E-state index in [1.165, 1.54) is 0 Å². The van der Waals surface area contributed by atoms with E-state index in [4.69, 9.17) is 9.47 Å². The smallest absolute Gasteiger partial charge is 0.252 e. The summed E-state index contributed by atoms with van der Waals surface area (Å²) < 4.78 is 10.5. The first-order valence-electron chi connectivity index (χ1n) is 8.24. The number of pyridine rings is 1. The van der Waals surface area contributed by atoms with Gasteiger partial charge >= 0.3 is 0 Å². The van der Waals surface area contributed by atoms with Crippen LogP contribution in [0.15, 0.2) is 36.7 Å². The minimum Gasteiger partial charge on any atom is -0.493 e. The first-order valence-corrected chi connectivity index (χ1v) is 8.24. The molecular formula is C19H25N3O3. The summed E-state index contributed by atoms with van der Waals surface area (Å²) >= 11 is 0. The summed E-state index contributed by atoms with van der Waals surface area (Å²) in [5.41, 5.74) is 2.44. The Hall–Kier alpha value is -2.76. The Morgan fingerprint density at radius 2 is 1.88 bits per heavy atom. The van der Waals surface area contributed by atoms with Crippen molar-refractivity contribution in [1.29, 1.82) is 0 Å². The summed E-state index contributed by atoms with van der Waals surface area (Å²) in [6, 6.07) is 7.83. The van der Waals surface area contributed by atoms with Crippen molar-refractivity contribution >= 4 is 11.6 Å². The van der Waals surface area contributed by atoms with Crippen LogP contribution in [0.25, 0.3) is 0 Å². The summed E-state index contributed by atoms with van der Waals surface area (Å²) in [7, 11) is 3.21. The van der Waals surface area contributed by atoms with Gasteiger partial charge in [-0.15, -0.1) is 0 Å². The average Bonchev–Trinajstić information content (AvgIpc) is 2.61. The van der Waals surface area contributed by atoms with Crippen molar-refractivity contribution in [3.05, 3.63) is 47.8 Å². The van der Waals surface area contributed by atoms with Crippen molar-refractivity contribution in [1.82, 2.24) is 10.3 Å². The van der Waals surface area contributed by atoms with Crippen LogP contribution in [0.4, 0.5) is 5.69 Å². The van der Waals surface area contributed by atoms with Gasteiger partial charge in [0.05, 0.1) is 25.5 Å². The largest absolute Gasteiger partial charge is 0.493 e. The quantitative estimate of drug-likeness (QED) is 0.771. The summed E-state index contributed by atoms with van der Waals surface area (Å²) in [6.45, 7) is 4.60. The predicted octanol–water partition coefficient (Wildman–Crippen LogP) is 2.89. The maximum absolute atomic E-state index is 12.3. The van der Waals surface area contributed by atoms with Gasteiger partial charge in [0.25, 0.3) is 5.91 Å². The standard InChI is InChI=1S/C19H25N3O3/c1-13(2)22-16-10-15(11-20-12-16)19(23)21-8-7-14-5-6-17(24-3)18(9-14)25-4/h5-6,9-13,22H,7-8H2,1-4H3,(H,21,23). The number of aromatic nitrogens is 1. The molecule has 1 aromatic carbocycles. The van der Waals surface area contributed by atoms with E-state index in [2.05, 4.69) is 15.6 Å². The molecule has 0 aliphatic carbocycles. The Morgan fingerprint density at radius 3 is 2.56 bits per heavy atom. The van der Waals surface area contributed by atoms with Crippen LogP contribution < -0.4 is 20.1 Å². The van der Waals surface area contributed by atoms with Gasteiger partial charge in [-0.05, 0) is 44.0 Å². The molecule has 0 saturated carbocycles. The molecule has 1 aromatic heterocycles. The van der Waals surface area contributed by atoms with E-state index in [9.17, 15) is 4.79 Å². The van der Waals surface area contributed by atoms with Crippen molar-refractivity contribution in [3.8, 4) is 11.5 Å². The number of carbonyl (C=O) groups is 1. The lowest BCUT2D eigenvalue weighted by molar-refractivity contribution is 0.0954. The molecule has 6 heteroatoms. The number of amides is 1. The van der Waals surface area contributed by atoms with Crippen molar-refractivity contribution in [3.63, 3.8) is 0 Å². The average molecular weight is 343 g/mol. The number of nitrogens with zero attached hydrogens (tertiary/aromatic N) is 1. The molecule has 0 saturated heterocycles. The van der Waals surface area contributed by atoms with E-state index in [0.29, 0.717) is 30.0 Å². The molecule has 0 bridgehead atoms. The second-order valence-electron chi connectivity index (χ2n) is 5.96. The molecule has 1 heterocycles. The zero-order valence-corrected chi connectivity index (χ0v) is 15.1. The number of benzene rings is 1. The van der Waals surface area contributed by atoms with Gasteiger partial charge in [0, 0.05) is 25.0 Å². The highest BCUT2D eigenvalue weighted by Gasteiger charge is 2.08. The fraction of sp³-hybridized carbons (Fsp3) is 0.368.